The number of rotatable bonds is 48. The Balaban J connectivity index is 1.26. The lowest BCUT2D eigenvalue weighted by atomic mass is 9.94. The van der Waals surface area contributed by atoms with Crippen molar-refractivity contribution in [3.05, 3.63) is 0 Å². The van der Waals surface area contributed by atoms with Crippen LogP contribution in [0.15, 0.2) is 0 Å². The molecule has 0 bridgehead atoms. The predicted molar refractivity (Wildman–Crippen MR) is 278 cm³/mol. The topological polar surface area (TPSA) is 469 Å². The molecular weight excluding hydrogens is 1120 g/mol. The van der Waals surface area contributed by atoms with Crippen LogP contribution in [0.2, 0.25) is 0 Å². The maximum absolute atomic E-state index is 12.5. The first kappa shape index (κ1) is 74.6. The number of aliphatic hydroxyl groups excluding tert-OH is 12. The number of carbonyl (C=O) groups is 3. The normalized spacial score (nSPS) is 29.1. The van der Waals surface area contributed by atoms with E-state index in [0.29, 0.717) is 0 Å². The maximum atomic E-state index is 12.5. The number of hydrogen-bond donors (Lipinski definition) is 15. The molecule has 3 aliphatic rings. The van der Waals surface area contributed by atoms with Gasteiger partial charge in [-0.15, -0.1) is 0 Å². The smallest absolute Gasteiger partial charge is 0.222 e. The van der Waals surface area contributed by atoms with Crippen LogP contribution in [0.3, 0.4) is 0 Å². The van der Waals surface area contributed by atoms with Crippen molar-refractivity contribution in [3.63, 3.8) is 0 Å². The van der Waals surface area contributed by atoms with Crippen molar-refractivity contribution in [2.45, 2.75) is 118 Å². The second kappa shape index (κ2) is 43.9. The molecule has 3 saturated heterocycles. The van der Waals surface area contributed by atoms with Crippen LogP contribution in [0.4, 0.5) is 0 Å². The number of nitrogens with one attached hydrogen (secondary N) is 3. The number of ether oxygens (including phenoxy) is 15. The molecule has 0 radical (unpaired) electrons. The van der Waals surface area contributed by atoms with Crippen molar-refractivity contribution in [3.8, 4) is 0 Å². The Labute approximate surface area is 481 Å². The molecule has 3 fully saturated rings. The fourth-order valence-corrected chi connectivity index (χ4v) is 7.88. The molecule has 0 saturated carbocycles. The molecule has 3 aliphatic heterocycles. The van der Waals surface area contributed by atoms with Crippen molar-refractivity contribution < 1.29 is 147 Å². The van der Waals surface area contributed by atoms with Crippen molar-refractivity contribution in [2.75, 3.05) is 178 Å². The highest BCUT2D eigenvalue weighted by Crippen LogP contribution is 2.25. The SMILES string of the molecule is CC(COCCC(=O)NCCOCCOCCO[C@H]1OC(CO)[C@@H](O)C(O)C1O)(COCCC(=O)NCCOCCOCCO[C@H]1OC(CO)[C@@H](O)C(O)C1O)COCCC(=O)NCCOCCOCCO[C@H]1OC(CO)[C@@H](O)C(O)[C@H]1O. The van der Waals surface area contributed by atoms with Gasteiger partial charge in [0, 0.05) is 44.3 Å². The molecule has 15 N–H and O–H groups in total. The van der Waals surface area contributed by atoms with Gasteiger partial charge in [-0.2, -0.15) is 0 Å². The lowest BCUT2D eigenvalue weighted by Gasteiger charge is -2.39. The van der Waals surface area contributed by atoms with Crippen LogP contribution in [0, 0.1) is 5.41 Å². The molecule has 3 rings (SSSR count). The Morgan fingerprint density at radius 1 is 0.337 bits per heavy atom. The van der Waals surface area contributed by atoms with E-state index in [-0.39, 0.29) is 195 Å². The molecule has 0 aliphatic carbocycles. The molecule has 0 aromatic carbocycles. The third kappa shape index (κ3) is 29.7. The molecule has 3 heterocycles. The van der Waals surface area contributed by atoms with Gasteiger partial charge < -0.3 is 148 Å². The number of amides is 3. The Morgan fingerprint density at radius 2 is 0.578 bits per heavy atom. The van der Waals surface area contributed by atoms with Gasteiger partial charge >= 0.3 is 0 Å². The average Bonchev–Trinajstić information content (AvgIpc) is 3.66. The lowest BCUT2D eigenvalue weighted by molar-refractivity contribution is -0.302. The molecule has 0 aromatic heterocycles. The van der Waals surface area contributed by atoms with Crippen LogP contribution in [0.25, 0.3) is 0 Å². The Hall–Kier alpha value is -2.67. The predicted octanol–water partition coefficient (Wildman–Crippen LogP) is -8.89. The summed E-state index contributed by atoms with van der Waals surface area (Å²) in [7, 11) is 0. The van der Waals surface area contributed by atoms with E-state index in [9.17, 15) is 75.7 Å². The molecule has 8 unspecified atom stereocenters. The van der Waals surface area contributed by atoms with Crippen LogP contribution >= 0.6 is 0 Å². The van der Waals surface area contributed by atoms with Crippen LogP contribution in [0.5, 0.6) is 0 Å². The summed E-state index contributed by atoms with van der Waals surface area (Å²) in [5.74, 6) is -0.847. The van der Waals surface area contributed by atoms with E-state index in [4.69, 9.17) is 71.1 Å². The largest absolute Gasteiger partial charge is 0.394 e. The van der Waals surface area contributed by atoms with E-state index in [1.807, 2.05) is 6.92 Å². The highest BCUT2D eigenvalue weighted by atomic mass is 16.7. The zero-order chi connectivity index (χ0) is 60.8. The summed E-state index contributed by atoms with van der Waals surface area (Å²) >= 11 is 0. The number of carbonyl (C=O) groups excluding carboxylic acids is 3. The zero-order valence-corrected chi connectivity index (χ0v) is 47.1. The fourth-order valence-electron chi connectivity index (χ4n) is 7.88. The van der Waals surface area contributed by atoms with E-state index >= 15 is 0 Å². The van der Waals surface area contributed by atoms with E-state index in [2.05, 4.69) is 16.0 Å². The molecule has 0 spiro atoms. The minimum atomic E-state index is -1.55. The standard InChI is InChI=1S/C50H93N3O30/c1-50(29-75-8-2-35(57)51-5-11-69-14-17-72-20-23-78-47-44(66)41(63)38(60)32(26-54)81-47,30-76-9-3-36(58)52-6-12-70-15-18-73-21-24-79-48-45(67)42(64)39(61)33(27-55)82-48)31-77-10-4-37(59)53-7-13-71-16-19-74-22-25-80-49-46(68)43(65)40(62)34(28-56)83-49/h32-34,38-49,54-56,60-68H,2-31H2,1H3,(H,51,57)(H,52,58)(H,53,59)/t32?,33?,34?,38-,39-,40-,41?,42?,43?,44-,45?,46?,47+,48+,49+,50?/m1/s1. The van der Waals surface area contributed by atoms with E-state index in [1.54, 1.807) is 0 Å². The number of hydrogen-bond acceptors (Lipinski definition) is 30. The Kier molecular flexibility index (Phi) is 39.4. The number of aliphatic hydroxyl groups is 12. The van der Waals surface area contributed by atoms with Crippen molar-refractivity contribution in [1.29, 1.82) is 0 Å². The first-order chi connectivity index (χ1) is 40.0. The molecular formula is C50H93N3O30. The second-order valence-corrected chi connectivity index (χ2v) is 19.6. The van der Waals surface area contributed by atoms with E-state index < -0.39 is 117 Å². The highest BCUT2D eigenvalue weighted by Gasteiger charge is 2.46. The maximum Gasteiger partial charge on any atom is 0.222 e. The molecule has 33 nitrogen and oxygen atoms in total. The summed E-state index contributed by atoms with van der Waals surface area (Å²) in [6.07, 6.45) is -20.5. The first-order valence-electron chi connectivity index (χ1n) is 27.7. The quantitative estimate of drug-likeness (QED) is 0.0252. The fraction of sp³-hybridized carbons (Fsp3) is 0.940. The lowest BCUT2D eigenvalue weighted by Crippen LogP contribution is -2.59. The summed E-state index contributed by atoms with van der Waals surface area (Å²) in [5.41, 5.74) is -0.755. The summed E-state index contributed by atoms with van der Waals surface area (Å²) in [6.45, 7) is 3.37. The van der Waals surface area contributed by atoms with Gasteiger partial charge in [0.25, 0.3) is 0 Å². The molecule has 488 valence electrons. The molecule has 33 heteroatoms. The zero-order valence-electron chi connectivity index (χ0n) is 47.1. The molecule has 3 amide bonds. The molecule has 83 heavy (non-hydrogen) atoms. The van der Waals surface area contributed by atoms with Crippen molar-refractivity contribution >= 4 is 17.7 Å². The minimum Gasteiger partial charge on any atom is -0.394 e. The van der Waals surface area contributed by atoms with Gasteiger partial charge in [-0.3, -0.25) is 14.4 Å². The first-order valence-corrected chi connectivity index (χ1v) is 27.7. The summed E-state index contributed by atoms with van der Waals surface area (Å²) < 4.78 is 82.2. The van der Waals surface area contributed by atoms with Crippen LogP contribution < -0.4 is 16.0 Å². The van der Waals surface area contributed by atoms with Crippen LogP contribution in [-0.2, 0) is 85.4 Å². The highest BCUT2D eigenvalue weighted by molar-refractivity contribution is 5.76. The van der Waals surface area contributed by atoms with Crippen LogP contribution in [0.1, 0.15) is 26.2 Å². The summed E-state index contributed by atoms with van der Waals surface area (Å²) in [6, 6.07) is 0. The third-order valence-corrected chi connectivity index (χ3v) is 12.7. The van der Waals surface area contributed by atoms with Gasteiger partial charge in [0.05, 0.1) is 159 Å². The summed E-state index contributed by atoms with van der Waals surface area (Å²) in [4.78, 5) is 37.5. The molecule has 15 atom stereocenters. The third-order valence-electron chi connectivity index (χ3n) is 12.7. The van der Waals surface area contributed by atoms with E-state index in [0.717, 1.165) is 0 Å². The molecule has 0 aromatic rings. The van der Waals surface area contributed by atoms with Crippen molar-refractivity contribution in [1.82, 2.24) is 16.0 Å². The van der Waals surface area contributed by atoms with Crippen molar-refractivity contribution in [2.24, 2.45) is 5.41 Å². The Bertz CT molecular complexity index is 1500. The second-order valence-electron chi connectivity index (χ2n) is 19.6. The van der Waals surface area contributed by atoms with Gasteiger partial charge in [-0.1, -0.05) is 6.92 Å². The van der Waals surface area contributed by atoms with Crippen LogP contribution in [-0.4, -0.2) is 349 Å². The Morgan fingerprint density at radius 3 is 0.831 bits per heavy atom. The monoisotopic (exact) mass is 1220 g/mol. The summed E-state index contributed by atoms with van der Waals surface area (Å²) in [5, 5.41) is 125. The van der Waals surface area contributed by atoms with Gasteiger partial charge in [0.1, 0.15) is 73.2 Å². The average molecular weight is 1220 g/mol. The van der Waals surface area contributed by atoms with Gasteiger partial charge in [-0.25, -0.2) is 0 Å². The van der Waals surface area contributed by atoms with Gasteiger partial charge in [0.15, 0.2) is 18.9 Å². The minimum absolute atomic E-state index is 0.0108. The van der Waals surface area contributed by atoms with Gasteiger partial charge in [0.2, 0.25) is 17.7 Å². The van der Waals surface area contributed by atoms with E-state index in [1.165, 1.54) is 0 Å². The van der Waals surface area contributed by atoms with Gasteiger partial charge in [-0.05, 0) is 0 Å².